The Morgan fingerprint density at radius 1 is 1.44 bits per heavy atom. The molecule has 3 nitrogen and oxygen atoms in total. The molecule has 0 saturated carbocycles. The fourth-order valence-corrected chi connectivity index (χ4v) is 3.55. The molecule has 1 fully saturated rings. The molecule has 1 aliphatic carbocycles. The van der Waals surface area contributed by atoms with Crippen molar-refractivity contribution in [3.05, 3.63) is 29.3 Å². The molecule has 0 amide bonds. The Morgan fingerprint density at radius 2 is 2.33 bits per heavy atom. The van der Waals surface area contributed by atoms with E-state index in [0.29, 0.717) is 12.5 Å². The number of nitriles is 1. The molecule has 0 N–H and O–H groups in total. The van der Waals surface area contributed by atoms with Gasteiger partial charge in [-0.15, -0.1) is 0 Å². The molecule has 3 rings (SSSR count). The van der Waals surface area contributed by atoms with Crippen molar-refractivity contribution in [2.75, 3.05) is 26.7 Å². The lowest BCUT2D eigenvalue weighted by Gasteiger charge is -2.28. The number of benzene rings is 1. The van der Waals surface area contributed by atoms with Gasteiger partial charge in [-0.05, 0) is 36.0 Å². The van der Waals surface area contributed by atoms with Crippen molar-refractivity contribution in [1.82, 2.24) is 4.90 Å². The van der Waals surface area contributed by atoms with Gasteiger partial charge in [-0.3, -0.25) is 4.90 Å². The summed E-state index contributed by atoms with van der Waals surface area (Å²) in [7, 11) is 1.75. The summed E-state index contributed by atoms with van der Waals surface area (Å²) < 4.78 is 5.47. The third kappa shape index (κ3) is 1.77. The molecule has 0 radical (unpaired) electrons. The summed E-state index contributed by atoms with van der Waals surface area (Å²) in [6.45, 7) is 2.67. The number of methoxy groups -OCH3 is 1. The quantitative estimate of drug-likeness (QED) is 0.746. The van der Waals surface area contributed by atoms with Crippen LogP contribution in [0.3, 0.4) is 0 Å². The van der Waals surface area contributed by atoms with Crippen LogP contribution < -0.4 is 4.74 Å². The predicted octanol–water partition coefficient (Wildman–Crippen LogP) is 2.18. The maximum atomic E-state index is 8.83. The van der Waals surface area contributed by atoms with E-state index in [1.54, 1.807) is 7.11 Å². The minimum absolute atomic E-state index is 0.562. The van der Waals surface area contributed by atoms with Crippen LogP contribution in [-0.4, -0.2) is 31.6 Å². The molecule has 0 spiro atoms. The van der Waals surface area contributed by atoms with Crippen LogP contribution in [0.4, 0.5) is 0 Å². The van der Waals surface area contributed by atoms with E-state index in [1.165, 1.54) is 17.5 Å². The van der Waals surface area contributed by atoms with E-state index < -0.39 is 0 Å². The van der Waals surface area contributed by atoms with Gasteiger partial charge in [0.25, 0.3) is 0 Å². The Labute approximate surface area is 108 Å². The van der Waals surface area contributed by atoms with Gasteiger partial charge >= 0.3 is 0 Å². The molecule has 18 heavy (non-hydrogen) atoms. The molecule has 2 atom stereocenters. The van der Waals surface area contributed by atoms with E-state index in [4.69, 9.17) is 10.00 Å². The summed E-state index contributed by atoms with van der Waals surface area (Å²) in [5, 5.41) is 8.83. The minimum atomic E-state index is 0.562. The Hall–Kier alpha value is -1.53. The zero-order valence-electron chi connectivity index (χ0n) is 10.7. The summed E-state index contributed by atoms with van der Waals surface area (Å²) in [4.78, 5) is 2.28. The van der Waals surface area contributed by atoms with E-state index in [9.17, 15) is 0 Å². The van der Waals surface area contributed by atoms with Gasteiger partial charge in [0.05, 0.1) is 19.7 Å². The van der Waals surface area contributed by atoms with Crippen molar-refractivity contribution in [2.24, 2.45) is 5.92 Å². The van der Waals surface area contributed by atoms with E-state index in [1.807, 2.05) is 0 Å². The summed E-state index contributed by atoms with van der Waals surface area (Å²) in [5.41, 5.74) is 2.84. The first-order valence-electron chi connectivity index (χ1n) is 6.58. The van der Waals surface area contributed by atoms with Crippen LogP contribution in [-0.2, 0) is 6.42 Å². The second kappa shape index (κ2) is 4.62. The topological polar surface area (TPSA) is 36.3 Å². The molecule has 1 aromatic rings. The van der Waals surface area contributed by atoms with Crippen LogP contribution in [0, 0.1) is 17.2 Å². The van der Waals surface area contributed by atoms with Gasteiger partial charge in [0, 0.05) is 19.0 Å². The van der Waals surface area contributed by atoms with Gasteiger partial charge in [0.15, 0.2) is 0 Å². The Morgan fingerprint density at radius 3 is 3.11 bits per heavy atom. The highest BCUT2D eigenvalue weighted by Crippen LogP contribution is 2.43. The fourth-order valence-electron chi connectivity index (χ4n) is 3.55. The molecular weight excluding hydrogens is 224 g/mol. The number of nitrogens with zero attached hydrogens (tertiary/aromatic N) is 2. The summed E-state index contributed by atoms with van der Waals surface area (Å²) in [6.07, 6.45) is 2.33. The van der Waals surface area contributed by atoms with Crippen molar-refractivity contribution in [2.45, 2.75) is 18.8 Å². The first kappa shape index (κ1) is 11.6. The molecule has 0 bridgehead atoms. The van der Waals surface area contributed by atoms with E-state index >= 15 is 0 Å². The molecule has 1 saturated heterocycles. The maximum absolute atomic E-state index is 8.83. The molecule has 0 unspecified atom stereocenters. The standard InChI is InChI=1S/C15H18N2O/c1-18-15-4-2-3-12-13(15)6-5-11-9-17(8-7-16)10-14(11)12/h2-4,11,14H,5-6,8-10H2,1H3/t11-,14-/m1/s1. The van der Waals surface area contributed by atoms with Gasteiger partial charge < -0.3 is 4.74 Å². The van der Waals surface area contributed by atoms with Gasteiger partial charge in [0.1, 0.15) is 5.75 Å². The Balaban J connectivity index is 1.92. The third-order valence-corrected chi connectivity index (χ3v) is 4.36. The smallest absolute Gasteiger partial charge is 0.122 e. The van der Waals surface area contributed by atoms with Gasteiger partial charge in [0.2, 0.25) is 0 Å². The first-order chi connectivity index (χ1) is 8.83. The summed E-state index contributed by atoms with van der Waals surface area (Å²) >= 11 is 0. The molecule has 94 valence electrons. The van der Waals surface area contributed by atoms with Gasteiger partial charge in [-0.2, -0.15) is 5.26 Å². The number of fused-ring (bicyclic) bond motifs is 3. The fraction of sp³-hybridized carbons (Fsp3) is 0.533. The lowest BCUT2D eigenvalue weighted by molar-refractivity contribution is 0.356. The van der Waals surface area contributed by atoms with Crippen LogP contribution in [0.5, 0.6) is 5.75 Å². The van der Waals surface area contributed by atoms with Crippen molar-refractivity contribution in [1.29, 1.82) is 5.26 Å². The van der Waals surface area contributed by atoms with Crippen molar-refractivity contribution in [3.8, 4) is 11.8 Å². The number of hydrogen-bond acceptors (Lipinski definition) is 3. The number of rotatable bonds is 2. The maximum Gasteiger partial charge on any atom is 0.122 e. The van der Waals surface area contributed by atoms with Crippen molar-refractivity contribution >= 4 is 0 Å². The largest absolute Gasteiger partial charge is 0.496 e. The van der Waals surface area contributed by atoms with Crippen LogP contribution in [0.15, 0.2) is 18.2 Å². The second-order valence-electron chi connectivity index (χ2n) is 5.29. The predicted molar refractivity (Wildman–Crippen MR) is 69.6 cm³/mol. The first-order valence-corrected chi connectivity index (χ1v) is 6.58. The molecular formula is C15H18N2O. The van der Waals surface area contributed by atoms with E-state index in [2.05, 4.69) is 29.2 Å². The third-order valence-electron chi connectivity index (χ3n) is 4.36. The zero-order valence-corrected chi connectivity index (χ0v) is 10.7. The molecule has 0 aromatic heterocycles. The molecule has 1 aliphatic heterocycles. The number of hydrogen-bond donors (Lipinski definition) is 0. The Bertz CT molecular complexity index is 492. The van der Waals surface area contributed by atoms with Crippen LogP contribution in [0.25, 0.3) is 0 Å². The van der Waals surface area contributed by atoms with Crippen LogP contribution in [0.2, 0.25) is 0 Å². The molecule has 1 aromatic carbocycles. The number of ether oxygens (including phenoxy) is 1. The average Bonchev–Trinajstić information content (AvgIpc) is 2.81. The lowest BCUT2D eigenvalue weighted by atomic mass is 9.77. The lowest BCUT2D eigenvalue weighted by Crippen LogP contribution is -2.20. The molecule has 1 heterocycles. The van der Waals surface area contributed by atoms with Crippen LogP contribution >= 0.6 is 0 Å². The monoisotopic (exact) mass is 242 g/mol. The van der Waals surface area contributed by atoms with Crippen LogP contribution in [0.1, 0.15) is 23.5 Å². The van der Waals surface area contributed by atoms with Crippen molar-refractivity contribution in [3.63, 3.8) is 0 Å². The molecule has 2 aliphatic rings. The molecule has 3 heteroatoms. The highest BCUT2D eigenvalue weighted by atomic mass is 16.5. The average molecular weight is 242 g/mol. The van der Waals surface area contributed by atoms with Crippen molar-refractivity contribution < 1.29 is 4.74 Å². The zero-order chi connectivity index (χ0) is 12.5. The highest BCUT2D eigenvalue weighted by molar-refractivity contribution is 5.44. The summed E-state index contributed by atoms with van der Waals surface area (Å²) in [5.74, 6) is 2.35. The summed E-state index contributed by atoms with van der Waals surface area (Å²) in [6, 6.07) is 8.65. The van der Waals surface area contributed by atoms with Gasteiger partial charge in [-0.25, -0.2) is 0 Å². The second-order valence-corrected chi connectivity index (χ2v) is 5.29. The van der Waals surface area contributed by atoms with Gasteiger partial charge in [-0.1, -0.05) is 12.1 Å². The number of likely N-dealkylation sites (tertiary alicyclic amines) is 1. The SMILES string of the molecule is COc1cccc2c1CC[C@@H]1CN(CC#N)C[C@@H]21. The highest BCUT2D eigenvalue weighted by Gasteiger charge is 2.37. The Kier molecular flexibility index (Phi) is 2.97. The normalized spacial score (nSPS) is 26.2. The van der Waals surface area contributed by atoms with E-state index in [0.717, 1.165) is 31.2 Å². The van der Waals surface area contributed by atoms with E-state index in [-0.39, 0.29) is 0 Å². The minimum Gasteiger partial charge on any atom is -0.496 e.